The van der Waals surface area contributed by atoms with Crippen molar-refractivity contribution in [1.82, 2.24) is 10.3 Å². The van der Waals surface area contributed by atoms with Gasteiger partial charge in [0.05, 0.1) is 11.6 Å². The Balaban J connectivity index is 1.85. The van der Waals surface area contributed by atoms with E-state index in [1.807, 2.05) is 11.3 Å². The van der Waals surface area contributed by atoms with Crippen LogP contribution in [-0.2, 0) is 11.2 Å². The summed E-state index contributed by atoms with van der Waals surface area (Å²) in [6.07, 6.45) is 8.91. The molecule has 1 heterocycles. The fourth-order valence-corrected chi connectivity index (χ4v) is 3.94. The number of rotatable bonds is 8. The van der Waals surface area contributed by atoms with Crippen molar-refractivity contribution in [3.63, 3.8) is 0 Å². The average Bonchev–Trinajstić information content (AvgIpc) is 3.04. The number of aryl methyl sites for hydroxylation is 1. The van der Waals surface area contributed by atoms with E-state index in [1.54, 1.807) is 7.11 Å². The second-order valence-corrected chi connectivity index (χ2v) is 6.87. The topological polar surface area (TPSA) is 34.1 Å². The molecule has 1 unspecified atom stereocenters. The predicted molar refractivity (Wildman–Crippen MR) is 80.7 cm³/mol. The zero-order chi connectivity index (χ0) is 13.5. The van der Waals surface area contributed by atoms with Crippen LogP contribution in [0.15, 0.2) is 6.20 Å². The zero-order valence-corrected chi connectivity index (χ0v) is 13.0. The lowest BCUT2D eigenvalue weighted by Crippen LogP contribution is -2.30. The van der Waals surface area contributed by atoms with Gasteiger partial charge in [-0.05, 0) is 31.7 Å². The first-order valence-electron chi connectivity index (χ1n) is 7.40. The second-order valence-electron chi connectivity index (χ2n) is 5.55. The van der Waals surface area contributed by atoms with E-state index in [0.29, 0.717) is 0 Å². The van der Waals surface area contributed by atoms with Crippen LogP contribution < -0.4 is 5.32 Å². The molecule has 1 aliphatic carbocycles. The minimum absolute atomic E-state index is 0.763. The van der Waals surface area contributed by atoms with Crippen LogP contribution in [0.3, 0.4) is 0 Å². The third-order valence-electron chi connectivity index (χ3n) is 4.09. The van der Waals surface area contributed by atoms with Crippen molar-refractivity contribution >= 4 is 11.3 Å². The van der Waals surface area contributed by atoms with Gasteiger partial charge in [-0.25, -0.2) is 4.98 Å². The van der Waals surface area contributed by atoms with E-state index in [0.717, 1.165) is 31.5 Å². The number of hydrogen-bond acceptors (Lipinski definition) is 4. The van der Waals surface area contributed by atoms with Crippen molar-refractivity contribution in [3.05, 3.63) is 16.1 Å². The van der Waals surface area contributed by atoms with Crippen molar-refractivity contribution in [1.29, 1.82) is 0 Å². The monoisotopic (exact) mass is 282 g/mol. The van der Waals surface area contributed by atoms with Gasteiger partial charge in [-0.2, -0.15) is 0 Å². The molecular weight excluding hydrogens is 256 g/mol. The summed E-state index contributed by atoms with van der Waals surface area (Å²) in [5, 5.41) is 4.74. The van der Waals surface area contributed by atoms with Crippen LogP contribution in [0.1, 0.15) is 35.6 Å². The van der Waals surface area contributed by atoms with E-state index < -0.39 is 0 Å². The van der Waals surface area contributed by atoms with Crippen LogP contribution in [-0.4, -0.2) is 31.8 Å². The van der Waals surface area contributed by atoms with Crippen LogP contribution in [0, 0.1) is 18.8 Å². The molecule has 0 bridgehead atoms. The molecule has 1 N–H and O–H groups in total. The Hall–Kier alpha value is -0.450. The van der Waals surface area contributed by atoms with E-state index in [4.69, 9.17) is 4.74 Å². The van der Waals surface area contributed by atoms with Crippen LogP contribution in [0.5, 0.6) is 0 Å². The fraction of sp³-hybridized carbons (Fsp3) is 0.800. The molecule has 0 radical (unpaired) electrons. The Kier molecular flexibility index (Phi) is 6.28. The van der Waals surface area contributed by atoms with Crippen LogP contribution in [0.4, 0.5) is 0 Å². The summed E-state index contributed by atoms with van der Waals surface area (Å²) in [4.78, 5) is 5.83. The van der Waals surface area contributed by atoms with Crippen molar-refractivity contribution < 1.29 is 4.74 Å². The Morgan fingerprint density at radius 2 is 2.26 bits per heavy atom. The highest BCUT2D eigenvalue weighted by Crippen LogP contribution is 2.33. The Morgan fingerprint density at radius 1 is 1.47 bits per heavy atom. The van der Waals surface area contributed by atoms with Crippen LogP contribution >= 0.6 is 11.3 Å². The average molecular weight is 282 g/mol. The molecule has 4 heteroatoms. The minimum atomic E-state index is 0.763. The van der Waals surface area contributed by atoms with Gasteiger partial charge in [0.15, 0.2) is 0 Å². The third-order valence-corrected chi connectivity index (χ3v) is 5.02. The SMILES string of the molecule is COCCNCC(Cc1cnc(C)s1)C1CCCC1. The number of hydrogen-bond donors (Lipinski definition) is 1. The van der Waals surface area contributed by atoms with Crippen LogP contribution in [0.2, 0.25) is 0 Å². The van der Waals surface area contributed by atoms with Gasteiger partial charge in [0.2, 0.25) is 0 Å². The van der Waals surface area contributed by atoms with Gasteiger partial charge < -0.3 is 10.1 Å². The highest BCUT2D eigenvalue weighted by molar-refractivity contribution is 7.11. The first-order valence-corrected chi connectivity index (χ1v) is 8.22. The largest absolute Gasteiger partial charge is 0.383 e. The number of nitrogens with one attached hydrogen (secondary N) is 1. The molecule has 1 fully saturated rings. The molecule has 3 nitrogen and oxygen atoms in total. The Labute approximate surface area is 120 Å². The molecule has 0 aliphatic heterocycles. The highest BCUT2D eigenvalue weighted by Gasteiger charge is 2.25. The van der Waals surface area contributed by atoms with Crippen molar-refractivity contribution in [2.24, 2.45) is 11.8 Å². The number of nitrogens with zero attached hydrogens (tertiary/aromatic N) is 1. The molecule has 1 aliphatic rings. The number of ether oxygens (including phenoxy) is 1. The summed E-state index contributed by atoms with van der Waals surface area (Å²) in [6.45, 7) is 4.97. The molecule has 0 aromatic carbocycles. The lowest BCUT2D eigenvalue weighted by atomic mass is 9.87. The first-order chi connectivity index (χ1) is 9.29. The third kappa shape index (κ3) is 4.86. The standard InChI is InChI=1S/C15H26N2OS/c1-12-17-11-15(19-12)9-14(10-16-7-8-18-2)13-5-3-4-6-13/h11,13-14,16H,3-10H2,1-2H3. The minimum Gasteiger partial charge on any atom is -0.383 e. The predicted octanol–water partition coefficient (Wildman–Crippen LogP) is 3.04. The van der Waals surface area contributed by atoms with Gasteiger partial charge in [0.1, 0.15) is 0 Å². The Morgan fingerprint density at radius 3 is 2.89 bits per heavy atom. The Bertz CT molecular complexity index is 361. The molecule has 0 saturated heterocycles. The summed E-state index contributed by atoms with van der Waals surface area (Å²) >= 11 is 1.85. The summed E-state index contributed by atoms with van der Waals surface area (Å²) < 4.78 is 5.10. The quantitative estimate of drug-likeness (QED) is 0.744. The van der Waals surface area contributed by atoms with E-state index in [-0.39, 0.29) is 0 Å². The van der Waals surface area contributed by atoms with Gasteiger partial charge in [0.25, 0.3) is 0 Å². The molecule has 1 aromatic rings. The maximum absolute atomic E-state index is 5.10. The van der Waals surface area contributed by atoms with Gasteiger partial charge in [-0.15, -0.1) is 11.3 Å². The summed E-state index contributed by atoms with van der Waals surface area (Å²) in [5.74, 6) is 1.66. The van der Waals surface area contributed by atoms with Crippen molar-refractivity contribution in [2.75, 3.05) is 26.8 Å². The van der Waals surface area contributed by atoms with E-state index in [1.165, 1.54) is 42.0 Å². The molecule has 1 aromatic heterocycles. The summed E-state index contributed by atoms with van der Waals surface area (Å²) in [6, 6.07) is 0. The van der Waals surface area contributed by atoms with E-state index in [2.05, 4.69) is 23.4 Å². The molecule has 19 heavy (non-hydrogen) atoms. The van der Waals surface area contributed by atoms with Gasteiger partial charge in [-0.3, -0.25) is 0 Å². The zero-order valence-electron chi connectivity index (χ0n) is 12.2. The van der Waals surface area contributed by atoms with Crippen molar-refractivity contribution in [3.8, 4) is 0 Å². The molecule has 2 rings (SSSR count). The molecule has 1 atom stereocenters. The molecule has 0 amide bonds. The fourth-order valence-electron chi connectivity index (χ4n) is 3.05. The first kappa shape index (κ1) is 14.9. The number of thiazole rings is 1. The maximum atomic E-state index is 5.10. The summed E-state index contributed by atoms with van der Waals surface area (Å²) in [5.41, 5.74) is 0. The van der Waals surface area contributed by atoms with E-state index in [9.17, 15) is 0 Å². The van der Waals surface area contributed by atoms with Gasteiger partial charge in [-0.1, -0.05) is 25.7 Å². The molecule has 0 spiro atoms. The number of methoxy groups -OCH3 is 1. The van der Waals surface area contributed by atoms with Gasteiger partial charge >= 0.3 is 0 Å². The van der Waals surface area contributed by atoms with Crippen molar-refractivity contribution in [2.45, 2.75) is 39.0 Å². The van der Waals surface area contributed by atoms with Gasteiger partial charge in [0, 0.05) is 24.7 Å². The van der Waals surface area contributed by atoms with E-state index >= 15 is 0 Å². The maximum Gasteiger partial charge on any atom is 0.0896 e. The number of aromatic nitrogens is 1. The lowest BCUT2D eigenvalue weighted by Gasteiger charge is -2.23. The van der Waals surface area contributed by atoms with Crippen LogP contribution in [0.25, 0.3) is 0 Å². The lowest BCUT2D eigenvalue weighted by molar-refractivity contribution is 0.195. The molecular formula is C15H26N2OS. The highest BCUT2D eigenvalue weighted by atomic mass is 32.1. The summed E-state index contributed by atoms with van der Waals surface area (Å²) in [7, 11) is 1.76. The molecule has 108 valence electrons. The molecule has 1 saturated carbocycles. The normalized spacial score (nSPS) is 18.0. The smallest absolute Gasteiger partial charge is 0.0896 e. The second kappa shape index (κ2) is 7.98.